The van der Waals surface area contributed by atoms with Gasteiger partial charge in [0.1, 0.15) is 5.75 Å². The summed E-state index contributed by atoms with van der Waals surface area (Å²) in [7, 11) is 1.88. The lowest BCUT2D eigenvalue weighted by Crippen LogP contribution is -2.07. The number of halogens is 2. The van der Waals surface area contributed by atoms with Crippen LogP contribution in [0, 0.1) is 0 Å². The minimum Gasteiger partial charge on any atom is -0.491 e. The van der Waals surface area contributed by atoms with Gasteiger partial charge in [0.2, 0.25) is 0 Å². The zero-order chi connectivity index (χ0) is 14.7. The van der Waals surface area contributed by atoms with Crippen molar-refractivity contribution in [3.8, 4) is 5.75 Å². The lowest BCUT2D eigenvalue weighted by molar-refractivity contribution is 0.0696. The third kappa shape index (κ3) is 3.40. The Hall–Kier alpha value is -1.34. The zero-order valence-corrected chi connectivity index (χ0v) is 13.8. The fourth-order valence-corrected chi connectivity index (χ4v) is 3.14. The number of nitrogens with zero attached hydrogens (tertiary/aromatic N) is 2. The van der Waals surface area contributed by atoms with Crippen molar-refractivity contribution in [2.24, 2.45) is 7.05 Å². The summed E-state index contributed by atoms with van der Waals surface area (Å²) in [4.78, 5) is 10.9. The van der Waals surface area contributed by atoms with Crippen molar-refractivity contribution in [2.75, 3.05) is 6.61 Å². The zero-order valence-electron chi connectivity index (χ0n) is 10.6. The number of carboxylic acid groups (broad SMARTS) is 1. The molecule has 0 aliphatic rings. The van der Waals surface area contributed by atoms with E-state index in [1.54, 1.807) is 10.9 Å². The summed E-state index contributed by atoms with van der Waals surface area (Å²) < 4.78 is 8.71. The summed E-state index contributed by atoms with van der Waals surface area (Å²) in [5.74, 6) is -0.384. The Morgan fingerprint density at radius 1 is 1.40 bits per heavy atom. The highest BCUT2D eigenvalue weighted by Gasteiger charge is 2.13. The van der Waals surface area contributed by atoms with Gasteiger partial charge in [-0.25, -0.2) is 4.79 Å². The highest BCUT2D eigenvalue weighted by atomic mass is 79.9. The van der Waals surface area contributed by atoms with Crippen LogP contribution >= 0.6 is 31.9 Å². The summed E-state index contributed by atoms with van der Waals surface area (Å²) in [6.07, 6.45) is 2.46. The predicted octanol–water partition coefficient (Wildman–Crippen LogP) is 3.26. The molecule has 106 valence electrons. The third-order valence-corrected chi connectivity index (χ3v) is 3.95. The second-order valence-corrected chi connectivity index (χ2v) is 5.83. The summed E-state index contributed by atoms with van der Waals surface area (Å²) >= 11 is 6.65. The second kappa shape index (κ2) is 6.41. The van der Waals surface area contributed by atoms with Crippen LogP contribution in [0.25, 0.3) is 0 Å². The molecule has 0 spiro atoms. The first-order chi connectivity index (χ1) is 9.49. The molecule has 20 heavy (non-hydrogen) atoms. The second-order valence-electron chi connectivity index (χ2n) is 4.12. The Kier molecular flexibility index (Phi) is 4.82. The molecule has 0 saturated heterocycles. The van der Waals surface area contributed by atoms with Gasteiger partial charge in [-0.05, 0) is 50.1 Å². The smallest absolute Gasteiger partial charge is 0.335 e. The van der Waals surface area contributed by atoms with E-state index in [0.717, 1.165) is 12.1 Å². The minimum absolute atomic E-state index is 0.197. The molecule has 0 atom stereocenters. The minimum atomic E-state index is -0.979. The van der Waals surface area contributed by atoms with E-state index < -0.39 is 5.97 Å². The van der Waals surface area contributed by atoms with Gasteiger partial charge in [0.25, 0.3) is 0 Å². The average molecular weight is 404 g/mol. The Balaban J connectivity index is 2.06. The molecule has 2 rings (SSSR count). The van der Waals surface area contributed by atoms with Gasteiger partial charge in [-0.3, -0.25) is 4.68 Å². The Morgan fingerprint density at radius 3 is 2.55 bits per heavy atom. The number of carbonyl (C=O) groups is 1. The number of carboxylic acids is 1. The first-order valence-corrected chi connectivity index (χ1v) is 7.39. The maximum atomic E-state index is 10.9. The van der Waals surface area contributed by atoms with Crippen LogP contribution in [0.4, 0.5) is 0 Å². The molecule has 7 heteroatoms. The Bertz CT molecular complexity index is 617. The van der Waals surface area contributed by atoms with Gasteiger partial charge in [-0.15, -0.1) is 0 Å². The van der Waals surface area contributed by atoms with Crippen LogP contribution in [0.2, 0.25) is 0 Å². The van der Waals surface area contributed by atoms with Crippen molar-refractivity contribution in [2.45, 2.75) is 6.42 Å². The molecule has 0 bridgehead atoms. The molecule has 0 aliphatic carbocycles. The molecule has 0 saturated carbocycles. The molecule has 0 aliphatic heterocycles. The molecule has 2 aromatic rings. The van der Waals surface area contributed by atoms with Crippen molar-refractivity contribution >= 4 is 37.8 Å². The van der Waals surface area contributed by atoms with Crippen molar-refractivity contribution in [1.29, 1.82) is 0 Å². The first kappa shape index (κ1) is 15.1. The summed E-state index contributed by atoms with van der Waals surface area (Å²) in [6, 6.07) is 4.97. The number of ether oxygens (including phenoxy) is 1. The van der Waals surface area contributed by atoms with Crippen LogP contribution in [-0.2, 0) is 13.5 Å². The largest absolute Gasteiger partial charge is 0.491 e. The van der Waals surface area contributed by atoms with Gasteiger partial charge in [-0.2, -0.15) is 5.10 Å². The van der Waals surface area contributed by atoms with E-state index in [2.05, 4.69) is 37.0 Å². The highest BCUT2D eigenvalue weighted by molar-refractivity contribution is 9.11. The standard InChI is InChI=1S/C13H12Br2N2O3/c1-17-9(2-4-16-17)3-5-20-12-10(14)6-8(13(18)19)7-11(12)15/h2,4,6-7H,3,5H2,1H3,(H,18,19). The first-order valence-electron chi connectivity index (χ1n) is 5.81. The summed E-state index contributed by atoms with van der Waals surface area (Å²) in [5.41, 5.74) is 1.27. The molecule has 1 N–H and O–H groups in total. The lowest BCUT2D eigenvalue weighted by Gasteiger charge is -2.11. The van der Waals surface area contributed by atoms with Gasteiger partial charge in [0.15, 0.2) is 0 Å². The van der Waals surface area contributed by atoms with Crippen molar-refractivity contribution in [3.05, 3.63) is 44.6 Å². The molecule has 1 aromatic heterocycles. The fraction of sp³-hybridized carbons (Fsp3) is 0.231. The Morgan fingerprint density at radius 2 is 2.05 bits per heavy atom. The maximum Gasteiger partial charge on any atom is 0.335 e. The van der Waals surface area contributed by atoms with E-state index in [0.29, 0.717) is 21.3 Å². The Labute approximate surface area is 132 Å². The fourth-order valence-electron chi connectivity index (χ4n) is 1.73. The van der Waals surface area contributed by atoms with Crippen LogP contribution in [0.5, 0.6) is 5.75 Å². The van der Waals surface area contributed by atoms with Crippen LogP contribution in [0.1, 0.15) is 16.1 Å². The van der Waals surface area contributed by atoms with E-state index in [1.165, 1.54) is 12.1 Å². The van der Waals surface area contributed by atoms with E-state index in [1.807, 2.05) is 13.1 Å². The summed E-state index contributed by atoms with van der Waals surface area (Å²) in [5, 5.41) is 13.0. The average Bonchev–Trinajstić information content (AvgIpc) is 2.78. The van der Waals surface area contributed by atoms with Gasteiger partial charge >= 0.3 is 5.97 Å². The van der Waals surface area contributed by atoms with Crippen LogP contribution in [0.3, 0.4) is 0 Å². The molecule has 0 radical (unpaired) electrons. The number of benzene rings is 1. The molecule has 1 aromatic carbocycles. The number of aryl methyl sites for hydroxylation is 1. The number of rotatable bonds is 5. The molecule has 0 unspecified atom stereocenters. The number of aromatic carboxylic acids is 1. The van der Waals surface area contributed by atoms with Gasteiger partial charge in [0.05, 0.1) is 21.1 Å². The number of hydrogen-bond donors (Lipinski definition) is 1. The van der Waals surface area contributed by atoms with E-state index in [-0.39, 0.29) is 5.56 Å². The van der Waals surface area contributed by atoms with E-state index in [9.17, 15) is 4.79 Å². The normalized spacial score (nSPS) is 10.6. The van der Waals surface area contributed by atoms with Gasteiger partial charge < -0.3 is 9.84 Å². The quantitative estimate of drug-likeness (QED) is 0.832. The number of aromatic nitrogens is 2. The van der Waals surface area contributed by atoms with Crippen molar-refractivity contribution in [1.82, 2.24) is 9.78 Å². The van der Waals surface area contributed by atoms with E-state index in [4.69, 9.17) is 9.84 Å². The lowest BCUT2D eigenvalue weighted by atomic mass is 10.2. The van der Waals surface area contributed by atoms with Crippen LogP contribution in [0.15, 0.2) is 33.3 Å². The highest BCUT2D eigenvalue weighted by Crippen LogP contribution is 2.34. The summed E-state index contributed by atoms with van der Waals surface area (Å²) in [6.45, 7) is 0.475. The molecule has 0 amide bonds. The molecule has 5 nitrogen and oxygen atoms in total. The van der Waals surface area contributed by atoms with Gasteiger partial charge in [-0.1, -0.05) is 0 Å². The van der Waals surface area contributed by atoms with Crippen molar-refractivity contribution < 1.29 is 14.6 Å². The molecule has 1 heterocycles. The SMILES string of the molecule is Cn1nccc1CCOc1c(Br)cc(C(=O)O)cc1Br. The van der Waals surface area contributed by atoms with Crippen molar-refractivity contribution in [3.63, 3.8) is 0 Å². The maximum absolute atomic E-state index is 10.9. The van der Waals surface area contributed by atoms with Gasteiger partial charge in [0, 0.05) is 25.4 Å². The predicted molar refractivity (Wildman–Crippen MR) is 81.2 cm³/mol. The van der Waals surface area contributed by atoms with E-state index >= 15 is 0 Å². The van der Waals surface area contributed by atoms with Crippen LogP contribution in [-0.4, -0.2) is 27.5 Å². The van der Waals surface area contributed by atoms with Crippen LogP contribution < -0.4 is 4.74 Å². The molecular weight excluding hydrogens is 392 g/mol. The topological polar surface area (TPSA) is 64.4 Å². The molecule has 0 fully saturated rings. The number of hydrogen-bond acceptors (Lipinski definition) is 3. The monoisotopic (exact) mass is 402 g/mol. The molecular formula is C13H12Br2N2O3. The third-order valence-electron chi connectivity index (χ3n) is 2.77.